The summed E-state index contributed by atoms with van der Waals surface area (Å²) in [6.45, 7) is 4.63. The smallest absolute Gasteiger partial charge is 0.293 e. The van der Waals surface area contributed by atoms with Crippen LogP contribution in [0.25, 0.3) is 0 Å². The van der Waals surface area contributed by atoms with E-state index in [4.69, 9.17) is 5.84 Å². The molecule has 0 amide bonds. The highest BCUT2D eigenvalue weighted by Gasteiger charge is 2.14. The second kappa shape index (κ2) is 6.36. The van der Waals surface area contributed by atoms with Crippen molar-refractivity contribution in [1.29, 1.82) is 0 Å². The number of aryl methyl sites for hydroxylation is 2. The number of nitrogen functional groups attached to an aromatic ring is 1. The number of rotatable bonds is 6. The van der Waals surface area contributed by atoms with E-state index in [1.54, 1.807) is 6.07 Å². The van der Waals surface area contributed by atoms with Crippen LogP contribution in [0.5, 0.6) is 0 Å². The number of aromatic nitrogens is 2. The largest absolute Gasteiger partial charge is 0.318 e. The van der Waals surface area contributed by atoms with Crippen LogP contribution < -0.4 is 11.3 Å². The summed E-state index contributed by atoms with van der Waals surface area (Å²) < 4.78 is 1.90. The molecule has 7 heteroatoms. The van der Waals surface area contributed by atoms with Gasteiger partial charge in [-0.3, -0.25) is 20.6 Å². The van der Waals surface area contributed by atoms with Crippen LogP contribution in [0.4, 0.5) is 11.4 Å². The molecule has 0 aliphatic heterocycles. The molecule has 0 radical (unpaired) electrons. The summed E-state index contributed by atoms with van der Waals surface area (Å²) in [6, 6.07) is 7.03. The molecule has 0 fully saturated rings. The first-order valence-electron chi connectivity index (χ1n) is 6.88. The molecule has 0 saturated heterocycles. The topological polar surface area (TPSA) is 99.0 Å². The molecule has 112 valence electrons. The van der Waals surface area contributed by atoms with E-state index in [1.165, 1.54) is 6.07 Å². The van der Waals surface area contributed by atoms with Gasteiger partial charge in [0.15, 0.2) is 0 Å². The Bertz CT molecular complexity index is 651. The molecule has 0 bridgehead atoms. The van der Waals surface area contributed by atoms with E-state index in [0.717, 1.165) is 29.8 Å². The Morgan fingerprint density at radius 3 is 2.67 bits per heavy atom. The van der Waals surface area contributed by atoms with E-state index in [0.29, 0.717) is 12.2 Å². The summed E-state index contributed by atoms with van der Waals surface area (Å²) >= 11 is 0. The number of hydrogen-bond donors (Lipinski definition) is 2. The number of benzene rings is 1. The zero-order chi connectivity index (χ0) is 15.4. The Balaban J connectivity index is 2.33. The first-order valence-corrected chi connectivity index (χ1v) is 6.88. The number of hydrazine groups is 1. The van der Waals surface area contributed by atoms with Crippen molar-refractivity contribution < 1.29 is 4.92 Å². The van der Waals surface area contributed by atoms with Gasteiger partial charge in [-0.05, 0) is 30.5 Å². The first-order chi connectivity index (χ1) is 10.1. The molecule has 21 heavy (non-hydrogen) atoms. The van der Waals surface area contributed by atoms with Crippen molar-refractivity contribution >= 4 is 11.4 Å². The van der Waals surface area contributed by atoms with Gasteiger partial charge in [0.1, 0.15) is 5.69 Å². The molecule has 3 N–H and O–H groups in total. The number of hydrogen-bond acceptors (Lipinski definition) is 5. The fourth-order valence-electron chi connectivity index (χ4n) is 2.23. The van der Waals surface area contributed by atoms with Crippen LogP contribution in [-0.2, 0) is 19.4 Å². The number of nitrogens with zero attached hydrogens (tertiary/aromatic N) is 3. The molecule has 0 unspecified atom stereocenters. The van der Waals surface area contributed by atoms with E-state index in [2.05, 4.69) is 30.4 Å². The Kier molecular flexibility index (Phi) is 4.54. The minimum absolute atomic E-state index is 0.0316. The van der Waals surface area contributed by atoms with Gasteiger partial charge in [0.25, 0.3) is 5.69 Å². The van der Waals surface area contributed by atoms with E-state index in [1.807, 2.05) is 10.7 Å². The van der Waals surface area contributed by atoms with Crippen molar-refractivity contribution in [2.45, 2.75) is 33.2 Å². The maximum Gasteiger partial charge on any atom is 0.293 e. The van der Waals surface area contributed by atoms with Crippen LogP contribution in [0.1, 0.15) is 30.8 Å². The summed E-state index contributed by atoms with van der Waals surface area (Å²) in [4.78, 5) is 10.6. The third-order valence-corrected chi connectivity index (χ3v) is 3.39. The molecule has 7 nitrogen and oxygen atoms in total. The zero-order valence-corrected chi connectivity index (χ0v) is 12.2. The number of nitrogens with two attached hydrogens (primary N) is 1. The monoisotopic (exact) mass is 289 g/mol. The minimum atomic E-state index is -0.444. The third-order valence-electron chi connectivity index (χ3n) is 3.39. The molecule has 0 saturated carbocycles. The average molecular weight is 289 g/mol. The molecular formula is C14H19N5O2. The molecule has 1 aromatic carbocycles. The van der Waals surface area contributed by atoms with Crippen LogP contribution in [0.2, 0.25) is 0 Å². The van der Waals surface area contributed by atoms with Crippen LogP contribution in [-0.4, -0.2) is 14.7 Å². The van der Waals surface area contributed by atoms with Crippen LogP contribution >= 0.6 is 0 Å². The number of nitrogens with one attached hydrogen (secondary N) is 1. The van der Waals surface area contributed by atoms with Crippen molar-refractivity contribution in [2.24, 2.45) is 5.84 Å². The van der Waals surface area contributed by atoms with Crippen molar-refractivity contribution in [3.8, 4) is 0 Å². The van der Waals surface area contributed by atoms with E-state index < -0.39 is 4.92 Å². The predicted octanol–water partition coefficient (Wildman–Crippen LogP) is 2.25. The van der Waals surface area contributed by atoms with Gasteiger partial charge in [-0.1, -0.05) is 19.9 Å². The Hall–Kier alpha value is -2.41. The SMILES string of the molecule is CCc1cc(CC)n(Cc2ccc(NN)c([N+](=O)[O-])c2)n1. The normalized spacial score (nSPS) is 10.6. The highest BCUT2D eigenvalue weighted by atomic mass is 16.6. The van der Waals surface area contributed by atoms with Gasteiger partial charge >= 0.3 is 0 Å². The second-order valence-corrected chi connectivity index (χ2v) is 4.74. The predicted molar refractivity (Wildman–Crippen MR) is 81.0 cm³/mol. The van der Waals surface area contributed by atoms with Crippen LogP contribution in [0.3, 0.4) is 0 Å². The molecule has 0 aliphatic rings. The zero-order valence-electron chi connectivity index (χ0n) is 12.2. The van der Waals surface area contributed by atoms with E-state index >= 15 is 0 Å². The van der Waals surface area contributed by atoms with E-state index in [9.17, 15) is 10.1 Å². The highest BCUT2D eigenvalue weighted by molar-refractivity contribution is 5.61. The molecule has 2 aromatic rings. The summed E-state index contributed by atoms with van der Waals surface area (Å²) in [5.41, 5.74) is 5.58. The van der Waals surface area contributed by atoms with Crippen molar-refractivity contribution in [3.63, 3.8) is 0 Å². The third kappa shape index (κ3) is 3.19. The van der Waals surface area contributed by atoms with Crippen molar-refractivity contribution in [1.82, 2.24) is 9.78 Å². The lowest BCUT2D eigenvalue weighted by molar-refractivity contribution is -0.384. The number of nitro groups is 1. The molecule has 2 rings (SSSR count). The highest BCUT2D eigenvalue weighted by Crippen LogP contribution is 2.25. The maximum atomic E-state index is 11.0. The molecular weight excluding hydrogens is 270 g/mol. The fourth-order valence-corrected chi connectivity index (χ4v) is 2.23. The quantitative estimate of drug-likeness (QED) is 0.482. The van der Waals surface area contributed by atoms with Gasteiger partial charge in [0, 0.05) is 11.8 Å². The average Bonchev–Trinajstić information content (AvgIpc) is 2.89. The van der Waals surface area contributed by atoms with Crippen LogP contribution in [0.15, 0.2) is 24.3 Å². The van der Waals surface area contributed by atoms with Crippen molar-refractivity contribution in [2.75, 3.05) is 5.43 Å². The minimum Gasteiger partial charge on any atom is -0.318 e. The summed E-state index contributed by atoms with van der Waals surface area (Å²) in [7, 11) is 0. The van der Waals surface area contributed by atoms with Gasteiger partial charge in [-0.15, -0.1) is 0 Å². The van der Waals surface area contributed by atoms with Crippen molar-refractivity contribution in [3.05, 3.63) is 51.3 Å². The standard InChI is InChI=1S/C14H19N5O2/c1-3-11-8-12(4-2)18(17-11)9-10-5-6-13(16-15)14(7-10)19(20)21/h5-8,16H,3-4,9,15H2,1-2H3. The second-order valence-electron chi connectivity index (χ2n) is 4.74. The maximum absolute atomic E-state index is 11.0. The van der Waals surface area contributed by atoms with Gasteiger partial charge in [0.2, 0.25) is 0 Å². The molecule has 0 spiro atoms. The van der Waals surface area contributed by atoms with Gasteiger partial charge < -0.3 is 5.43 Å². The lowest BCUT2D eigenvalue weighted by Crippen LogP contribution is -2.10. The molecule has 1 aromatic heterocycles. The lowest BCUT2D eigenvalue weighted by Gasteiger charge is -2.08. The number of anilines is 1. The van der Waals surface area contributed by atoms with Gasteiger partial charge in [0.05, 0.1) is 17.2 Å². The first kappa shape index (κ1) is 15.0. The summed E-state index contributed by atoms with van der Waals surface area (Å²) in [5, 5.41) is 15.6. The Labute approximate surface area is 122 Å². The van der Waals surface area contributed by atoms with Gasteiger partial charge in [-0.2, -0.15) is 5.10 Å². The fraction of sp³-hybridized carbons (Fsp3) is 0.357. The lowest BCUT2D eigenvalue weighted by atomic mass is 10.1. The van der Waals surface area contributed by atoms with Gasteiger partial charge in [-0.25, -0.2) is 0 Å². The Morgan fingerprint density at radius 1 is 1.33 bits per heavy atom. The van der Waals surface area contributed by atoms with Crippen LogP contribution in [0, 0.1) is 10.1 Å². The summed E-state index contributed by atoms with van der Waals surface area (Å²) in [6.07, 6.45) is 1.74. The molecule has 1 heterocycles. The number of nitro benzene ring substituents is 1. The molecule has 0 aliphatic carbocycles. The summed E-state index contributed by atoms with van der Waals surface area (Å²) in [5.74, 6) is 5.29. The van der Waals surface area contributed by atoms with E-state index in [-0.39, 0.29) is 5.69 Å². The molecule has 0 atom stereocenters. The Morgan fingerprint density at radius 2 is 2.10 bits per heavy atom.